The quantitative estimate of drug-likeness (QED) is 0.606. The average Bonchev–Trinajstić information content (AvgIpc) is 2.35. The van der Waals surface area contributed by atoms with Gasteiger partial charge in [0.05, 0.1) is 0 Å². The van der Waals surface area contributed by atoms with E-state index in [4.69, 9.17) is 0 Å². The molecular formula is C18H39N. The Bertz CT molecular complexity index is 222. The molecule has 5 unspecified atom stereocenters. The topological polar surface area (TPSA) is 12.0 Å². The molecular weight excluding hydrogens is 230 g/mol. The summed E-state index contributed by atoms with van der Waals surface area (Å²) in [6, 6.07) is 0.645. The first-order valence-electron chi connectivity index (χ1n) is 8.45. The summed E-state index contributed by atoms with van der Waals surface area (Å²) in [5, 5.41) is 3.86. The van der Waals surface area contributed by atoms with Gasteiger partial charge in [-0.05, 0) is 42.1 Å². The Morgan fingerprint density at radius 2 is 1.21 bits per heavy atom. The monoisotopic (exact) mass is 269 g/mol. The van der Waals surface area contributed by atoms with Crippen molar-refractivity contribution in [2.75, 3.05) is 6.54 Å². The lowest BCUT2D eigenvalue weighted by molar-refractivity contribution is 0.206. The summed E-state index contributed by atoms with van der Waals surface area (Å²) in [5.74, 6) is 4.60. The predicted molar refractivity (Wildman–Crippen MR) is 88.4 cm³/mol. The molecule has 0 saturated heterocycles. The Morgan fingerprint density at radius 1 is 0.684 bits per heavy atom. The van der Waals surface area contributed by atoms with Crippen LogP contribution in [0.2, 0.25) is 0 Å². The van der Waals surface area contributed by atoms with Crippen molar-refractivity contribution in [3.05, 3.63) is 0 Å². The highest BCUT2D eigenvalue weighted by atomic mass is 14.9. The highest BCUT2D eigenvalue weighted by Crippen LogP contribution is 2.24. The molecule has 1 heteroatoms. The molecule has 0 radical (unpaired) electrons. The van der Waals surface area contributed by atoms with Gasteiger partial charge in [0.25, 0.3) is 0 Å². The van der Waals surface area contributed by atoms with Gasteiger partial charge in [-0.15, -0.1) is 0 Å². The van der Waals surface area contributed by atoms with Crippen LogP contribution in [0, 0.1) is 35.5 Å². The molecule has 0 aromatic carbocycles. The minimum Gasteiger partial charge on any atom is -0.313 e. The van der Waals surface area contributed by atoms with Crippen LogP contribution in [0.3, 0.4) is 0 Å². The summed E-state index contributed by atoms with van der Waals surface area (Å²) in [5.41, 5.74) is 0. The van der Waals surface area contributed by atoms with Gasteiger partial charge < -0.3 is 5.32 Å². The summed E-state index contributed by atoms with van der Waals surface area (Å²) < 4.78 is 0. The van der Waals surface area contributed by atoms with Crippen LogP contribution in [0.25, 0.3) is 0 Å². The Labute approximate surface area is 122 Å². The zero-order chi connectivity index (χ0) is 15.2. The molecule has 0 rings (SSSR count). The molecule has 0 aliphatic carbocycles. The molecule has 0 aromatic rings. The van der Waals surface area contributed by atoms with E-state index in [1.807, 2.05) is 0 Å². The maximum Gasteiger partial charge on any atom is 0.0118 e. The van der Waals surface area contributed by atoms with E-state index in [9.17, 15) is 0 Å². The molecule has 0 heterocycles. The van der Waals surface area contributed by atoms with Crippen molar-refractivity contribution in [3.8, 4) is 0 Å². The van der Waals surface area contributed by atoms with E-state index < -0.39 is 0 Å². The first-order valence-corrected chi connectivity index (χ1v) is 8.45. The maximum absolute atomic E-state index is 3.86. The summed E-state index contributed by atoms with van der Waals surface area (Å²) in [4.78, 5) is 0. The van der Waals surface area contributed by atoms with Gasteiger partial charge in [0.2, 0.25) is 0 Å². The first kappa shape index (κ1) is 19.0. The van der Waals surface area contributed by atoms with Crippen LogP contribution in [-0.4, -0.2) is 12.6 Å². The van der Waals surface area contributed by atoms with Crippen molar-refractivity contribution >= 4 is 0 Å². The van der Waals surface area contributed by atoms with Crippen molar-refractivity contribution in [2.24, 2.45) is 35.5 Å². The smallest absolute Gasteiger partial charge is 0.0118 e. The molecule has 0 aromatic heterocycles. The van der Waals surface area contributed by atoms with Gasteiger partial charge in [0, 0.05) is 6.04 Å². The third-order valence-corrected chi connectivity index (χ3v) is 5.45. The van der Waals surface area contributed by atoms with Crippen molar-refractivity contribution in [3.63, 3.8) is 0 Å². The molecule has 5 atom stereocenters. The zero-order valence-corrected chi connectivity index (χ0v) is 15.0. The molecule has 0 aliphatic rings. The second kappa shape index (κ2) is 9.00. The third kappa shape index (κ3) is 6.29. The fourth-order valence-corrected chi connectivity index (χ4v) is 2.88. The molecule has 0 amide bonds. The molecule has 0 spiro atoms. The first-order chi connectivity index (χ1) is 8.72. The van der Waals surface area contributed by atoms with Crippen LogP contribution in [0.5, 0.6) is 0 Å². The van der Waals surface area contributed by atoms with E-state index in [1.165, 1.54) is 6.42 Å². The van der Waals surface area contributed by atoms with Crippen molar-refractivity contribution in [1.29, 1.82) is 0 Å². The maximum atomic E-state index is 3.86. The fraction of sp³-hybridized carbons (Fsp3) is 1.00. The van der Waals surface area contributed by atoms with Gasteiger partial charge >= 0.3 is 0 Å². The van der Waals surface area contributed by atoms with Gasteiger partial charge in [-0.25, -0.2) is 0 Å². The van der Waals surface area contributed by atoms with Crippen LogP contribution in [0.4, 0.5) is 0 Å². The van der Waals surface area contributed by atoms with Crippen molar-refractivity contribution < 1.29 is 0 Å². The van der Waals surface area contributed by atoms with Crippen molar-refractivity contribution in [1.82, 2.24) is 5.32 Å². The van der Waals surface area contributed by atoms with E-state index in [2.05, 4.69) is 67.6 Å². The van der Waals surface area contributed by atoms with Crippen LogP contribution < -0.4 is 5.32 Å². The number of hydrogen-bond acceptors (Lipinski definition) is 1. The highest BCUT2D eigenvalue weighted by molar-refractivity contribution is 4.80. The number of nitrogens with one attached hydrogen (secondary N) is 1. The fourth-order valence-electron chi connectivity index (χ4n) is 2.88. The Kier molecular flexibility index (Phi) is 8.98. The zero-order valence-electron chi connectivity index (χ0n) is 15.0. The molecule has 116 valence electrons. The summed E-state index contributed by atoms with van der Waals surface area (Å²) in [6.45, 7) is 22.4. The van der Waals surface area contributed by atoms with E-state index in [1.54, 1.807) is 0 Å². The molecule has 0 aliphatic heterocycles. The number of hydrogen-bond donors (Lipinski definition) is 1. The van der Waals surface area contributed by atoms with E-state index in [0.29, 0.717) is 12.0 Å². The van der Waals surface area contributed by atoms with Crippen LogP contribution in [0.1, 0.15) is 68.7 Å². The summed E-state index contributed by atoms with van der Waals surface area (Å²) in [7, 11) is 0. The second-order valence-corrected chi connectivity index (χ2v) is 7.50. The average molecular weight is 270 g/mol. The standard InChI is InChI=1S/C18H39N/c1-10-14(6)17(9)15(7)11-19-18(13(4)5)16(8)12(2)3/h12-19H,10-11H2,1-9H3. The van der Waals surface area contributed by atoms with Crippen molar-refractivity contribution in [2.45, 2.75) is 74.8 Å². The lowest BCUT2D eigenvalue weighted by Crippen LogP contribution is -2.44. The molecule has 0 fully saturated rings. The lowest BCUT2D eigenvalue weighted by atomic mass is 9.81. The second-order valence-electron chi connectivity index (χ2n) is 7.50. The third-order valence-electron chi connectivity index (χ3n) is 5.45. The SMILES string of the molecule is CCC(C)C(C)C(C)CNC(C(C)C)C(C)C(C)C. The highest BCUT2D eigenvalue weighted by Gasteiger charge is 2.25. The van der Waals surface area contributed by atoms with Gasteiger partial charge in [-0.3, -0.25) is 0 Å². The van der Waals surface area contributed by atoms with Crippen LogP contribution in [-0.2, 0) is 0 Å². The minimum absolute atomic E-state index is 0.645. The van der Waals surface area contributed by atoms with Gasteiger partial charge in [0.15, 0.2) is 0 Å². The lowest BCUT2D eigenvalue weighted by Gasteiger charge is -2.34. The van der Waals surface area contributed by atoms with E-state index in [-0.39, 0.29) is 0 Å². The van der Waals surface area contributed by atoms with Gasteiger partial charge in [-0.1, -0.05) is 68.7 Å². The molecule has 0 bridgehead atoms. The van der Waals surface area contributed by atoms with Crippen LogP contribution in [0.15, 0.2) is 0 Å². The summed E-state index contributed by atoms with van der Waals surface area (Å²) in [6.07, 6.45) is 1.29. The summed E-state index contributed by atoms with van der Waals surface area (Å²) >= 11 is 0. The largest absolute Gasteiger partial charge is 0.313 e. The van der Waals surface area contributed by atoms with E-state index >= 15 is 0 Å². The van der Waals surface area contributed by atoms with E-state index in [0.717, 1.165) is 36.1 Å². The molecule has 19 heavy (non-hydrogen) atoms. The number of rotatable bonds is 9. The molecule has 0 saturated carbocycles. The predicted octanol–water partition coefficient (Wildman–Crippen LogP) is 5.21. The Morgan fingerprint density at radius 3 is 1.58 bits per heavy atom. The normalized spacial score (nSPS) is 20.4. The Hall–Kier alpha value is -0.0400. The molecule has 1 N–H and O–H groups in total. The molecule has 1 nitrogen and oxygen atoms in total. The van der Waals surface area contributed by atoms with Gasteiger partial charge in [-0.2, -0.15) is 0 Å². The van der Waals surface area contributed by atoms with Gasteiger partial charge in [0.1, 0.15) is 0 Å². The minimum atomic E-state index is 0.645. The van der Waals surface area contributed by atoms with Crippen LogP contribution >= 0.6 is 0 Å². The Balaban J connectivity index is 4.40.